The van der Waals surface area contributed by atoms with E-state index in [2.05, 4.69) is 13.2 Å². The molecule has 0 amide bonds. The third kappa shape index (κ3) is 3.32. The lowest BCUT2D eigenvalue weighted by Gasteiger charge is -2.34. The van der Waals surface area contributed by atoms with Crippen LogP contribution in [0.25, 0.3) is 0 Å². The summed E-state index contributed by atoms with van der Waals surface area (Å²) in [5, 5.41) is 20.3. The third-order valence-electron chi connectivity index (χ3n) is 1.30. The Balaban J connectivity index is 4.20. The fraction of sp³-hybridized carbons (Fsp3) is 0.500. The molecule has 3 nitrogen and oxygen atoms in total. The van der Waals surface area contributed by atoms with Crippen molar-refractivity contribution in [3.8, 4) is 0 Å². The van der Waals surface area contributed by atoms with Gasteiger partial charge in [0.1, 0.15) is 6.54 Å². The van der Waals surface area contributed by atoms with E-state index in [1.54, 1.807) is 0 Å². The van der Waals surface area contributed by atoms with E-state index < -0.39 is 4.81 Å². The van der Waals surface area contributed by atoms with Gasteiger partial charge in [-0.25, -0.2) is 5.21 Å². The Kier molecular flexibility index (Phi) is 3.45. The Morgan fingerprint density at radius 1 is 1.73 bits per heavy atom. The summed E-state index contributed by atoms with van der Waals surface area (Å²) in [6.45, 7) is 10.6. The molecule has 0 radical (unpaired) electrons. The first-order valence-electron chi connectivity index (χ1n) is 3.54. The van der Waals surface area contributed by atoms with Crippen LogP contribution in [0.5, 0.6) is 0 Å². The number of hydrogen-bond acceptors (Lipinski definition) is 2. The number of rotatable bonds is 4. The summed E-state index contributed by atoms with van der Waals surface area (Å²) >= 11 is 0. The predicted molar refractivity (Wildman–Crippen MR) is 44.5 cm³/mol. The Labute approximate surface area is 67.4 Å². The lowest BCUT2D eigenvalue weighted by Crippen LogP contribution is -2.39. The highest BCUT2D eigenvalue weighted by Gasteiger charge is 2.18. The lowest BCUT2D eigenvalue weighted by atomic mass is 10.2. The van der Waals surface area contributed by atoms with Crippen LogP contribution in [0.1, 0.15) is 13.8 Å². The monoisotopic (exact) mass is 157 g/mol. The summed E-state index contributed by atoms with van der Waals surface area (Å²) in [4.78, 5) is -1.40. The fourth-order valence-corrected chi connectivity index (χ4v) is 0.755. The molecule has 0 aliphatic carbocycles. The highest BCUT2D eigenvalue weighted by molar-refractivity contribution is 5.01. The predicted octanol–water partition coefficient (Wildman–Crippen LogP) is 2.05. The molecule has 0 heterocycles. The van der Waals surface area contributed by atoms with Crippen molar-refractivity contribution >= 4 is 0 Å². The molecule has 0 spiro atoms. The largest absolute Gasteiger partial charge is 0.593 e. The van der Waals surface area contributed by atoms with Crippen LogP contribution in [0.3, 0.4) is 0 Å². The van der Waals surface area contributed by atoms with Crippen molar-refractivity contribution in [2.45, 2.75) is 13.8 Å². The Morgan fingerprint density at radius 3 is 2.45 bits per heavy atom. The minimum Gasteiger partial charge on any atom is -0.593 e. The van der Waals surface area contributed by atoms with Gasteiger partial charge in [0.05, 0.1) is 0 Å². The summed E-state index contributed by atoms with van der Waals surface area (Å²) in [6.07, 6.45) is 1.27. The highest BCUT2D eigenvalue weighted by Crippen LogP contribution is 2.13. The SMILES string of the molecule is C=CC(=C)[N+]([O-])(O)CC(C)C. The summed E-state index contributed by atoms with van der Waals surface area (Å²) in [5.41, 5.74) is 0.0821. The zero-order valence-electron chi connectivity index (χ0n) is 7.08. The zero-order chi connectivity index (χ0) is 9.07. The third-order valence-corrected chi connectivity index (χ3v) is 1.30. The molecule has 0 rings (SSSR count). The van der Waals surface area contributed by atoms with Crippen molar-refractivity contribution in [1.29, 1.82) is 0 Å². The second-order valence-corrected chi connectivity index (χ2v) is 2.97. The molecular formula is C8H15NO2. The highest BCUT2D eigenvalue weighted by atomic mass is 16.8. The van der Waals surface area contributed by atoms with Crippen molar-refractivity contribution in [2.24, 2.45) is 5.92 Å². The Hall–Kier alpha value is -0.640. The van der Waals surface area contributed by atoms with Gasteiger partial charge in [-0.3, -0.25) is 0 Å². The van der Waals surface area contributed by atoms with E-state index in [0.717, 1.165) is 0 Å². The molecular weight excluding hydrogens is 142 g/mol. The topological polar surface area (TPSA) is 43.3 Å². The molecule has 0 saturated heterocycles. The summed E-state index contributed by atoms with van der Waals surface area (Å²) in [6, 6.07) is 0. The molecule has 0 aromatic heterocycles. The maximum Gasteiger partial charge on any atom is 0.157 e. The van der Waals surface area contributed by atoms with Gasteiger partial charge < -0.3 is 5.21 Å². The molecule has 1 atom stereocenters. The summed E-state index contributed by atoms with van der Waals surface area (Å²) < 4.78 is 0. The van der Waals surface area contributed by atoms with E-state index in [1.807, 2.05) is 13.8 Å². The first kappa shape index (κ1) is 10.4. The van der Waals surface area contributed by atoms with Crippen molar-refractivity contribution in [2.75, 3.05) is 6.54 Å². The molecule has 0 bridgehead atoms. The standard InChI is InChI=1S/C8H15NO2/c1-5-8(4)9(10,11)6-7(2)3/h5,7,10H,1,4,6H2,2-3H3. The summed E-state index contributed by atoms with van der Waals surface area (Å²) in [7, 11) is 0. The van der Waals surface area contributed by atoms with E-state index in [1.165, 1.54) is 6.08 Å². The van der Waals surface area contributed by atoms with Crippen LogP contribution in [0.15, 0.2) is 24.9 Å². The number of hydroxylamine groups is 4. The van der Waals surface area contributed by atoms with E-state index in [0.29, 0.717) is 0 Å². The van der Waals surface area contributed by atoms with Gasteiger partial charge in [0.25, 0.3) is 0 Å². The minimum absolute atomic E-state index is 0.0821. The van der Waals surface area contributed by atoms with Gasteiger partial charge in [0.2, 0.25) is 0 Å². The van der Waals surface area contributed by atoms with Gasteiger partial charge in [-0.05, 0) is 12.7 Å². The van der Waals surface area contributed by atoms with Gasteiger partial charge >= 0.3 is 0 Å². The molecule has 3 heteroatoms. The molecule has 0 aliphatic rings. The Morgan fingerprint density at radius 2 is 2.18 bits per heavy atom. The van der Waals surface area contributed by atoms with Crippen LogP contribution >= 0.6 is 0 Å². The molecule has 64 valence electrons. The summed E-state index contributed by atoms with van der Waals surface area (Å²) in [5.74, 6) is 0.134. The van der Waals surface area contributed by atoms with Crippen molar-refractivity contribution in [3.63, 3.8) is 0 Å². The zero-order valence-corrected chi connectivity index (χ0v) is 7.08. The van der Waals surface area contributed by atoms with Crippen LogP contribution in [-0.2, 0) is 0 Å². The van der Waals surface area contributed by atoms with Crippen molar-refractivity contribution in [3.05, 3.63) is 30.1 Å². The maximum atomic E-state index is 11.2. The Bertz CT molecular complexity index is 161. The van der Waals surface area contributed by atoms with E-state index in [-0.39, 0.29) is 18.2 Å². The average Bonchev–Trinajstić information content (AvgIpc) is 1.83. The maximum absolute atomic E-state index is 11.2. The van der Waals surface area contributed by atoms with Gasteiger partial charge in [-0.1, -0.05) is 20.4 Å². The van der Waals surface area contributed by atoms with E-state index in [9.17, 15) is 5.21 Å². The van der Waals surface area contributed by atoms with Crippen LogP contribution in [0.2, 0.25) is 0 Å². The van der Waals surface area contributed by atoms with Crippen molar-refractivity contribution < 1.29 is 10.0 Å². The molecule has 0 aromatic carbocycles. The van der Waals surface area contributed by atoms with Gasteiger partial charge in [0, 0.05) is 5.92 Å². The second-order valence-electron chi connectivity index (χ2n) is 2.97. The molecule has 0 aliphatic heterocycles. The molecule has 0 fully saturated rings. The first-order chi connectivity index (χ1) is 4.90. The number of allylic oxidation sites excluding steroid dienone is 1. The molecule has 11 heavy (non-hydrogen) atoms. The van der Waals surface area contributed by atoms with Gasteiger partial charge in [-0.2, -0.15) is 4.81 Å². The first-order valence-corrected chi connectivity index (χ1v) is 3.54. The molecule has 0 aromatic rings. The van der Waals surface area contributed by atoms with Gasteiger partial charge in [-0.15, -0.1) is 0 Å². The fourth-order valence-electron chi connectivity index (χ4n) is 0.755. The molecule has 1 N–H and O–H groups in total. The number of hydrogen-bond donors (Lipinski definition) is 1. The smallest absolute Gasteiger partial charge is 0.157 e. The lowest BCUT2D eigenvalue weighted by molar-refractivity contribution is -1.03. The van der Waals surface area contributed by atoms with Crippen LogP contribution in [0.4, 0.5) is 0 Å². The van der Waals surface area contributed by atoms with E-state index in [4.69, 9.17) is 5.21 Å². The van der Waals surface area contributed by atoms with Crippen molar-refractivity contribution in [1.82, 2.24) is 0 Å². The quantitative estimate of drug-likeness (QED) is 0.385. The minimum atomic E-state index is -1.40. The van der Waals surface area contributed by atoms with Crippen LogP contribution in [-0.4, -0.2) is 16.6 Å². The molecule has 1 unspecified atom stereocenters. The van der Waals surface area contributed by atoms with E-state index >= 15 is 0 Å². The average molecular weight is 157 g/mol. The van der Waals surface area contributed by atoms with Crippen LogP contribution < -0.4 is 0 Å². The van der Waals surface area contributed by atoms with Gasteiger partial charge in [0.15, 0.2) is 5.70 Å². The molecule has 0 saturated carbocycles. The second kappa shape index (κ2) is 3.67. The van der Waals surface area contributed by atoms with Crippen LogP contribution in [0, 0.1) is 11.1 Å². The number of quaternary nitrogens is 1. The normalized spacial score (nSPS) is 16.1. The number of nitrogens with zero attached hydrogens (tertiary/aromatic N) is 1.